The maximum atomic E-state index is 12.7. The van der Waals surface area contributed by atoms with Crippen molar-refractivity contribution in [2.45, 2.75) is 6.04 Å². The van der Waals surface area contributed by atoms with Crippen molar-refractivity contribution in [1.29, 1.82) is 0 Å². The Bertz CT molecular complexity index is 785. The molecule has 0 saturated carbocycles. The Balaban J connectivity index is 1.81. The van der Waals surface area contributed by atoms with Gasteiger partial charge in [-0.05, 0) is 30.8 Å². The standard InChI is InChI=1S/C18H23N5O2/c1-19-17(24)14-6-4-5-13(11-14)16-12-23(10-9-21(16)2)18(25)15-7-8-22(3)20-15/h4-8,11,16H,9-10,12H2,1-3H3,(H,19,24)/t16-/m0/s1. The Labute approximate surface area is 147 Å². The van der Waals surface area contributed by atoms with Gasteiger partial charge in [0.1, 0.15) is 5.69 Å². The first-order valence-corrected chi connectivity index (χ1v) is 8.31. The van der Waals surface area contributed by atoms with Gasteiger partial charge in [-0.25, -0.2) is 0 Å². The number of amides is 2. The van der Waals surface area contributed by atoms with E-state index >= 15 is 0 Å². The van der Waals surface area contributed by atoms with Crippen LogP contribution in [0.1, 0.15) is 32.5 Å². The first kappa shape index (κ1) is 17.2. The van der Waals surface area contributed by atoms with Crippen LogP contribution in [-0.4, -0.2) is 65.1 Å². The molecule has 1 aliphatic heterocycles. The number of hydrogen-bond acceptors (Lipinski definition) is 4. The molecule has 1 aromatic carbocycles. The molecule has 7 heteroatoms. The molecule has 0 aliphatic carbocycles. The number of rotatable bonds is 3. The summed E-state index contributed by atoms with van der Waals surface area (Å²) in [6, 6.07) is 9.36. The van der Waals surface area contributed by atoms with Crippen molar-refractivity contribution in [3.05, 3.63) is 53.3 Å². The van der Waals surface area contributed by atoms with Crippen LogP contribution in [-0.2, 0) is 7.05 Å². The van der Waals surface area contributed by atoms with Crippen LogP contribution in [0.3, 0.4) is 0 Å². The first-order valence-electron chi connectivity index (χ1n) is 8.31. The predicted molar refractivity (Wildman–Crippen MR) is 94.3 cm³/mol. The smallest absolute Gasteiger partial charge is 0.274 e. The monoisotopic (exact) mass is 341 g/mol. The van der Waals surface area contributed by atoms with E-state index in [1.54, 1.807) is 37.1 Å². The molecule has 0 spiro atoms. The van der Waals surface area contributed by atoms with E-state index in [0.717, 1.165) is 12.1 Å². The number of nitrogens with zero attached hydrogens (tertiary/aromatic N) is 4. The molecule has 1 aliphatic rings. The van der Waals surface area contributed by atoms with E-state index in [1.165, 1.54) is 0 Å². The van der Waals surface area contributed by atoms with E-state index in [-0.39, 0.29) is 17.9 Å². The zero-order chi connectivity index (χ0) is 18.0. The van der Waals surface area contributed by atoms with Crippen molar-refractivity contribution >= 4 is 11.8 Å². The molecule has 1 N–H and O–H groups in total. The fraction of sp³-hybridized carbons (Fsp3) is 0.389. The second kappa shape index (κ2) is 7.06. The van der Waals surface area contributed by atoms with E-state index in [1.807, 2.05) is 30.1 Å². The minimum absolute atomic E-state index is 0.0472. The zero-order valence-corrected chi connectivity index (χ0v) is 14.8. The lowest BCUT2D eigenvalue weighted by Gasteiger charge is -2.39. The third-order valence-corrected chi connectivity index (χ3v) is 4.63. The average Bonchev–Trinajstić information content (AvgIpc) is 3.07. The van der Waals surface area contributed by atoms with Crippen LogP contribution in [0.4, 0.5) is 0 Å². The number of benzene rings is 1. The molecule has 1 atom stereocenters. The van der Waals surface area contributed by atoms with Gasteiger partial charge in [-0.2, -0.15) is 5.10 Å². The van der Waals surface area contributed by atoms with Crippen molar-refractivity contribution in [2.24, 2.45) is 7.05 Å². The van der Waals surface area contributed by atoms with Crippen molar-refractivity contribution < 1.29 is 9.59 Å². The highest BCUT2D eigenvalue weighted by molar-refractivity contribution is 5.94. The van der Waals surface area contributed by atoms with Crippen LogP contribution in [0, 0.1) is 0 Å². The summed E-state index contributed by atoms with van der Waals surface area (Å²) in [7, 11) is 5.46. The van der Waals surface area contributed by atoms with Gasteiger partial charge in [0.15, 0.2) is 0 Å². The highest BCUT2D eigenvalue weighted by atomic mass is 16.2. The van der Waals surface area contributed by atoms with Crippen LogP contribution >= 0.6 is 0 Å². The number of piperazine rings is 1. The molecule has 1 saturated heterocycles. The van der Waals surface area contributed by atoms with E-state index in [9.17, 15) is 9.59 Å². The van der Waals surface area contributed by atoms with Crippen LogP contribution in [0.25, 0.3) is 0 Å². The maximum Gasteiger partial charge on any atom is 0.274 e. The number of nitrogens with one attached hydrogen (secondary N) is 1. The second-order valence-electron chi connectivity index (χ2n) is 6.33. The summed E-state index contributed by atoms with van der Waals surface area (Å²) >= 11 is 0. The van der Waals surface area contributed by atoms with E-state index < -0.39 is 0 Å². The Hall–Kier alpha value is -2.67. The number of aromatic nitrogens is 2. The van der Waals surface area contributed by atoms with Crippen LogP contribution in [0.15, 0.2) is 36.5 Å². The van der Waals surface area contributed by atoms with Gasteiger partial charge in [-0.3, -0.25) is 19.2 Å². The highest BCUT2D eigenvalue weighted by Gasteiger charge is 2.30. The number of likely N-dealkylation sites (N-methyl/N-ethyl adjacent to an activating group) is 1. The van der Waals surface area contributed by atoms with Gasteiger partial charge in [0.05, 0.1) is 6.04 Å². The molecular formula is C18H23N5O2. The summed E-state index contributed by atoms with van der Waals surface area (Å²) in [5.41, 5.74) is 2.12. The molecule has 132 valence electrons. The molecule has 1 fully saturated rings. The fourth-order valence-electron chi connectivity index (χ4n) is 3.14. The number of aryl methyl sites for hydroxylation is 1. The van der Waals surface area contributed by atoms with Gasteiger partial charge in [0, 0.05) is 45.5 Å². The van der Waals surface area contributed by atoms with E-state index in [2.05, 4.69) is 15.3 Å². The Morgan fingerprint density at radius 1 is 1.20 bits per heavy atom. The molecule has 0 radical (unpaired) electrons. The lowest BCUT2D eigenvalue weighted by Crippen LogP contribution is -2.49. The normalized spacial score (nSPS) is 18.2. The predicted octanol–water partition coefficient (Wildman–Crippen LogP) is 0.909. The van der Waals surface area contributed by atoms with Crippen LogP contribution in [0.2, 0.25) is 0 Å². The Morgan fingerprint density at radius 2 is 2.00 bits per heavy atom. The summed E-state index contributed by atoms with van der Waals surface area (Å²) in [6.07, 6.45) is 1.77. The fourth-order valence-corrected chi connectivity index (χ4v) is 3.14. The molecule has 2 heterocycles. The lowest BCUT2D eigenvalue weighted by atomic mass is 10.00. The molecule has 2 aromatic rings. The second-order valence-corrected chi connectivity index (χ2v) is 6.33. The number of hydrogen-bond donors (Lipinski definition) is 1. The van der Waals surface area contributed by atoms with E-state index in [0.29, 0.717) is 24.3 Å². The number of carbonyl (C=O) groups is 2. The third-order valence-electron chi connectivity index (χ3n) is 4.63. The quantitative estimate of drug-likeness (QED) is 0.901. The van der Waals surface area contributed by atoms with Crippen molar-refractivity contribution in [3.8, 4) is 0 Å². The minimum atomic E-state index is -0.110. The number of carbonyl (C=O) groups excluding carboxylic acids is 2. The highest BCUT2D eigenvalue weighted by Crippen LogP contribution is 2.25. The minimum Gasteiger partial charge on any atom is -0.355 e. The molecule has 0 unspecified atom stereocenters. The van der Waals surface area contributed by atoms with Gasteiger partial charge in [-0.1, -0.05) is 12.1 Å². The summed E-state index contributed by atoms with van der Waals surface area (Å²) < 4.78 is 1.63. The molecule has 0 bridgehead atoms. The summed E-state index contributed by atoms with van der Waals surface area (Å²) in [5, 5.41) is 6.86. The molecule has 1 aromatic heterocycles. The van der Waals surface area contributed by atoms with Crippen molar-refractivity contribution in [2.75, 3.05) is 33.7 Å². The molecule has 7 nitrogen and oxygen atoms in total. The van der Waals surface area contributed by atoms with Gasteiger partial charge < -0.3 is 10.2 Å². The topological polar surface area (TPSA) is 70.5 Å². The Kier molecular flexibility index (Phi) is 4.85. The summed E-state index contributed by atoms with van der Waals surface area (Å²) in [6.45, 7) is 2.01. The molecule has 25 heavy (non-hydrogen) atoms. The van der Waals surface area contributed by atoms with Crippen LogP contribution in [0.5, 0.6) is 0 Å². The zero-order valence-electron chi connectivity index (χ0n) is 14.8. The van der Waals surface area contributed by atoms with Crippen molar-refractivity contribution in [3.63, 3.8) is 0 Å². The largest absolute Gasteiger partial charge is 0.355 e. The van der Waals surface area contributed by atoms with Gasteiger partial charge in [-0.15, -0.1) is 0 Å². The van der Waals surface area contributed by atoms with Gasteiger partial charge >= 0.3 is 0 Å². The third kappa shape index (κ3) is 3.56. The van der Waals surface area contributed by atoms with Crippen molar-refractivity contribution in [1.82, 2.24) is 24.9 Å². The summed E-state index contributed by atoms with van der Waals surface area (Å²) in [4.78, 5) is 28.6. The molecule has 2 amide bonds. The van der Waals surface area contributed by atoms with Gasteiger partial charge in [0.25, 0.3) is 11.8 Å². The average molecular weight is 341 g/mol. The molecular weight excluding hydrogens is 318 g/mol. The molecule has 3 rings (SSSR count). The maximum absolute atomic E-state index is 12.7. The van der Waals surface area contributed by atoms with Gasteiger partial charge in [0.2, 0.25) is 0 Å². The Morgan fingerprint density at radius 3 is 2.68 bits per heavy atom. The first-order chi connectivity index (χ1) is 12.0. The SMILES string of the molecule is CNC(=O)c1cccc([C@@H]2CN(C(=O)c3ccn(C)n3)CCN2C)c1. The van der Waals surface area contributed by atoms with Crippen LogP contribution < -0.4 is 5.32 Å². The lowest BCUT2D eigenvalue weighted by molar-refractivity contribution is 0.0539. The van der Waals surface area contributed by atoms with E-state index in [4.69, 9.17) is 0 Å². The summed E-state index contributed by atoms with van der Waals surface area (Å²) in [5.74, 6) is -0.164.